The average Bonchev–Trinajstić information content (AvgIpc) is 2.88. The third-order valence-electron chi connectivity index (χ3n) is 4.93. The number of hydrogen-bond acceptors (Lipinski definition) is 1. The zero-order chi connectivity index (χ0) is 11.9. The molecule has 1 aromatic carbocycles. The minimum atomic E-state index is 0.531. The molecule has 2 aliphatic rings. The Labute approximate surface area is 104 Å². The first kappa shape index (κ1) is 11.3. The Morgan fingerprint density at radius 1 is 1.29 bits per heavy atom. The summed E-state index contributed by atoms with van der Waals surface area (Å²) in [5.41, 5.74) is 11.0. The fourth-order valence-corrected chi connectivity index (χ4v) is 4.18. The summed E-state index contributed by atoms with van der Waals surface area (Å²) in [4.78, 5) is 0. The Bertz CT molecular complexity index is 416. The van der Waals surface area contributed by atoms with Gasteiger partial charge in [0.15, 0.2) is 0 Å². The molecule has 1 spiro atoms. The van der Waals surface area contributed by atoms with Crippen LogP contribution in [0.4, 0.5) is 0 Å². The quantitative estimate of drug-likeness (QED) is 0.823. The lowest BCUT2D eigenvalue weighted by Gasteiger charge is -2.24. The second kappa shape index (κ2) is 4.13. The van der Waals surface area contributed by atoms with E-state index < -0.39 is 0 Å². The highest BCUT2D eigenvalue weighted by Crippen LogP contribution is 2.55. The summed E-state index contributed by atoms with van der Waals surface area (Å²) >= 11 is 0. The number of benzene rings is 1. The van der Waals surface area contributed by atoms with Gasteiger partial charge in [-0.25, -0.2) is 0 Å². The van der Waals surface area contributed by atoms with Gasteiger partial charge in [-0.05, 0) is 61.6 Å². The summed E-state index contributed by atoms with van der Waals surface area (Å²) in [5, 5.41) is 0. The van der Waals surface area contributed by atoms with Crippen molar-refractivity contribution in [2.24, 2.45) is 5.73 Å². The summed E-state index contributed by atoms with van der Waals surface area (Å²) < 4.78 is 0. The van der Waals surface area contributed by atoms with Gasteiger partial charge >= 0.3 is 0 Å². The number of nitrogens with two attached hydrogens (primary N) is 1. The van der Waals surface area contributed by atoms with Gasteiger partial charge in [0.1, 0.15) is 0 Å². The van der Waals surface area contributed by atoms with Gasteiger partial charge in [0.25, 0.3) is 0 Å². The number of hydrogen-bond donors (Lipinski definition) is 1. The zero-order valence-electron chi connectivity index (χ0n) is 10.8. The van der Waals surface area contributed by atoms with Crippen molar-refractivity contribution in [1.82, 2.24) is 0 Å². The maximum atomic E-state index is 5.79. The lowest BCUT2D eigenvalue weighted by molar-refractivity contribution is 0.401. The molecule has 0 heterocycles. The van der Waals surface area contributed by atoms with Gasteiger partial charge in [0.2, 0.25) is 0 Å². The van der Waals surface area contributed by atoms with Crippen LogP contribution in [-0.2, 0) is 5.41 Å². The van der Waals surface area contributed by atoms with Gasteiger partial charge in [0, 0.05) is 0 Å². The maximum Gasteiger partial charge on any atom is -0.00383 e. The van der Waals surface area contributed by atoms with E-state index in [1.165, 1.54) is 37.7 Å². The molecule has 0 aliphatic heterocycles. The molecule has 1 nitrogen and oxygen atoms in total. The van der Waals surface area contributed by atoms with E-state index in [0.717, 1.165) is 18.9 Å². The second-order valence-corrected chi connectivity index (χ2v) is 6.06. The Kier molecular flexibility index (Phi) is 2.74. The zero-order valence-corrected chi connectivity index (χ0v) is 10.8. The molecule has 1 saturated carbocycles. The van der Waals surface area contributed by atoms with Crippen LogP contribution in [0, 0.1) is 6.92 Å². The smallest absolute Gasteiger partial charge is 0.00383 e. The van der Waals surface area contributed by atoms with Crippen molar-refractivity contribution in [3.05, 3.63) is 34.9 Å². The average molecular weight is 229 g/mol. The molecule has 92 valence electrons. The topological polar surface area (TPSA) is 26.0 Å². The highest BCUT2D eigenvalue weighted by atomic mass is 14.5. The van der Waals surface area contributed by atoms with Crippen molar-refractivity contribution in [3.8, 4) is 0 Å². The number of rotatable bonds is 2. The van der Waals surface area contributed by atoms with E-state index in [2.05, 4.69) is 25.1 Å². The molecule has 1 aromatic rings. The van der Waals surface area contributed by atoms with Crippen LogP contribution >= 0.6 is 0 Å². The first-order chi connectivity index (χ1) is 8.25. The van der Waals surface area contributed by atoms with E-state index in [9.17, 15) is 0 Å². The molecule has 1 fully saturated rings. The summed E-state index contributed by atoms with van der Waals surface area (Å²) in [6.07, 6.45) is 8.18. The molecule has 1 unspecified atom stereocenters. The van der Waals surface area contributed by atoms with E-state index in [4.69, 9.17) is 5.73 Å². The third kappa shape index (κ3) is 1.72. The van der Waals surface area contributed by atoms with Crippen molar-refractivity contribution in [2.45, 2.75) is 56.8 Å². The fraction of sp³-hybridized carbons (Fsp3) is 0.625. The van der Waals surface area contributed by atoms with Crippen LogP contribution in [0.3, 0.4) is 0 Å². The molecule has 0 saturated heterocycles. The molecule has 0 amide bonds. The van der Waals surface area contributed by atoms with E-state index >= 15 is 0 Å². The number of fused-ring (bicyclic) bond motifs is 2. The van der Waals surface area contributed by atoms with Crippen molar-refractivity contribution >= 4 is 0 Å². The van der Waals surface area contributed by atoms with Gasteiger partial charge in [-0.3, -0.25) is 0 Å². The molecule has 2 aliphatic carbocycles. The molecule has 2 N–H and O–H groups in total. The van der Waals surface area contributed by atoms with Gasteiger partial charge < -0.3 is 5.73 Å². The third-order valence-corrected chi connectivity index (χ3v) is 4.93. The number of aryl methyl sites for hydroxylation is 1. The lowest BCUT2D eigenvalue weighted by Crippen LogP contribution is -2.18. The summed E-state index contributed by atoms with van der Waals surface area (Å²) in [5.74, 6) is 0.730. The van der Waals surface area contributed by atoms with Gasteiger partial charge in [-0.1, -0.05) is 36.6 Å². The summed E-state index contributed by atoms with van der Waals surface area (Å²) in [7, 11) is 0. The Morgan fingerprint density at radius 2 is 2.06 bits per heavy atom. The van der Waals surface area contributed by atoms with Gasteiger partial charge in [-0.15, -0.1) is 0 Å². The first-order valence-electron chi connectivity index (χ1n) is 7.06. The van der Waals surface area contributed by atoms with E-state index in [1.807, 2.05) is 0 Å². The molecule has 1 heteroatoms. The molecule has 1 atom stereocenters. The summed E-state index contributed by atoms with van der Waals surface area (Å²) in [6, 6.07) is 7.12. The molecule has 0 radical (unpaired) electrons. The standard InChI is InChI=1S/C16H23N/c1-12-4-5-15-14(10-12)13(6-9-17)11-16(15)7-2-3-8-16/h4-5,10,13H,2-3,6-9,11,17H2,1H3. The maximum absolute atomic E-state index is 5.79. The fourth-order valence-electron chi connectivity index (χ4n) is 4.18. The Balaban J connectivity index is 2.04. The lowest BCUT2D eigenvalue weighted by atomic mass is 9.79. The second-order valence-electron chi connectivity index (χ2n) is 6.06. The van der Waals surface area contributed by atoms with Crippen LogP contribution in [0.5, 0.6) is 0 Å². The van der Waals surface area contributed by atoms with Crippen LogP contribution in [0.25, 0.3) is 0 Å². The minimum Gasteiger partial charge on any atom is -0.330 e. The molecular weight excluding hydrogens is 206 g/mol. The molecule has 0 bridgehead atoms. The predicted molar refractivity (Wildman–Crippen MR) is 72.4 cm³/mol. The van der Waals surface area contributed by atoms with Crippen molar-refractivity contribution in [1.29, 1.82) is 0 Å². The van der Waals surface area contributed by atoms with Crippen LogP contribution < -0.4 is 5.73 Å². The Morgan fingerprint density at radius 3 is 2.76 bits per heavy atom. The van der Waals surface area contributed by atoms with Crippen molar-refractivity contribution in [3.63, 3.8) is 0 Å². The largest absolute Gasteiger partial charge is 0.330 e. The molecular formula is C16H23N. The predicted octanol–water partition coefficient (Wildman–Crippen LogP) is 3.64. The van der Waals surface area contributed by atoms with Crippen LogP contribution in [-0.4, -0.2) is 6.54 Å². The molecule has 3 rings (SSSR count). The van der Waals surface area contributed by atoms with Crippen LogP contribution in [0.2, 0.25) is 0 Å². The highest BCUT2D eigenvalue weighted by Gasteiger charge is 2.44. The van der Waals surface area contributed by atoms with Crippen molar-refractivity contribution < 1.29 is 0 Å². The normalized spacial score (nSPS) is 25.4. The van der Waals surface area contributed by atoms with Gasteiger partial charge in [0.05, 0.1) is 0 Å². The van der Waals surface area contributed by atoms with Gasteiger partial charge in [-0.2, -0.15) is 0 Å². The van der Waals surface area contributed by atoms with E-state index in [-0.39, 0.29) is 0 Å². The molecule has 0 aromatic heterocycles. The van der Waals surface area contributed by atoms with Crippen molar-refractivity contribution in [2.75, 3.05) is 6.54 Å². The first-order valence-corrected chi connectivity index (χ1v) is 7.06. The SMILES string of the molecule is Cc1ccc2c(c1)C(CCN)CC21CCCC1. The minimum absolute atomic E-state index is 0.531. The van der Waals surface area contributed by atoms with Crippen LogP contribution in [0.15, 0.2) is 18.2 Å². The van der Waals surface area contributed by atoms with E-state index in [1.54, 1.807) is 11.1 Å². The molecule has 17 heavy (non-hydrogen) atoms. The monoisotopic (exact) mass is 229 g/mol. The summed E-state index contributed by atoms with van der Waals surface area (Å²) in [6.45, 7) is 3.04. The van der Waals surface area contributed by atoms with Crippen LogP contribution in [0.1, 0.15) is 61.1 Å². The Hall–Kier alpha value is -0.820. The highest BCUT2D eigenvalue weighted by molar-refractivity contribution is 5.45. The van der Waals surface area contributed by atoms with E-state index in [0.29, 0.717) is 5.41 Å².